The minimum absolute atomic E-state index is 0.683. The van der Waals surface area contributed by atoms with Crippen molar-refractivity contribution in [1.82, 2.24) is 0 Å². The first-order valence-electron chi connectivity index (χ1n) is 3.31. The molecule has 0 aromatic rings. The Morgan fingerprint density at radius 3 is 2.33 bits per heavy atom. The summed E-state index contributed by atoms with van der Waals surface area (Å²) in [6, 6.07) is 0. The van der Waals surface area contributed by atoms with E-state index in [2.05, 4.69) is 5.11 Å². The number of alkyl halides is 1. The lowest BCUT2D eigenvalue weighted by Gasteiger charge is -1.93. The third-order valence-corrected chi connectivity index (χ3v) is 1.42. The van der Waals surface area contributed by atoms with E-state index in [1.165, 1.54) is 6.42 Å². The first-order chi connectivity index (χ1) is 4.41. The Morgan fingerprint density at radius 2 is 1.78 bits per heavy atom. The number of hydrogen-bond acceptors (Lipinski definition) is 2. The van der Waals surface area contributed by atoms with Crippen molar-refractivity contribution in [3.63, 3.8) is 0 Å². The van der Waals surface area contributed by atoms with Crippen LogP contribution in [0.5, 0.6) is 0 Å². The number of nitrogens with one attached hydrogen (secondary N) is 1. The van der Waals surface area contributed by atoms with Crippen LogP contribution in [0.25, 0.3) is 0 Å². The monoisotopic (exact) mass is 148 g/mol. The van der Waals surface area contributed by atoms with Crippen molar-refractivity contribution in [1.29, 1.82) is 5.53 Å². The van der Waals surface area contributed by atoms with Crippen molar-refractivity contribution < 1.29 is 0 Å². The topological polar surface area (TPSA) is 36.2 Å². The number of hydrogen-bond donors (Lipinski definition) is 1. The quantitative estimate of drug-likeness (QED) is 0.342. The molecule has 0 saturated heterocycles. The summed E-state index contributed by atoms with van der Waals surface area (Å²) in [6.45, 7) is 0.683. The van der Waals surface area contributed by atoms with Crippen LogP contribution in [0, 0.1) is 5.53 Å². The maximum Gasteiger partial charge on any atom is 0.0596 e. The van der Waals surface area contributed by atoms with E-state index in [1.807, 2.05) is 0 Å². The van der Waals surface area contributed by atoms with Crippen LogP contribution in [0.3, 0.4) is 0 Å². The van der Waals surface area contributed by atoms with Gasteiger partial charge >= 0.3 is 0 Å². The van der Waals surface area contributed by atoms with Gasteiger partial charge in [-0.25, -0.2) is 5.53 Å². The highest BCUT2D eigenvalue weighted by molar-refractivity contribution is 6.17. The van der Waals surface area contributed by atoms with E-state index in [0.717, 1.165) is 25.1 Å². The van der Waals surface area contributed by atoms with E-state index in [0.29, 0.717) is 6.54 Å². The molecule has 0 aliphatic carbocycles. The molecule has 0 spiro atoms. The molecule has 0 saturated carbocycles. The smallest absolute Gasteiger partial charge is 0.0596 e. The Labute approximate surface area is 61.1 Å². The lowest BCUT2D eigenvalue weighted by molar-refractivity contribution is 0.662. The minimum atomic E-state index is 0.683. The predicted octanol–water partition coefficient (Wildman–Crippen LogP) is 2.82. The molecule has 0 atom stereocenters. The fourth-order valence-electron chi connectivity index (χ4n) is 0.639. The average molecular weight is 149 g/mol. The highest BCUT2D eigenvalue weighted by Gasteiger charge is 1.86. The Bertz CT molecular complexity index is 66.1. The van der Waals surface area contributed by atoms with Crippen LogP contribution in [0.2, 0.25) is 0 Å². The molecule has 9 heavy (non-hydrogen) atoms. The minimum Gasteiger partial charge on any atom is -0.210 e. The third-order valence-electron chi connectivity index (χ3n) is 1.15. The highest BCUT2D eigenvalue weighted by atomic mass is 35.5. The van der Waals surface area contributed by atoms with Crippen molar-refractivity contribution in [2.24, 2.45) is 5.11 Å². The van der Waals surface area contributed by atoms with Crippen LogP contribution in [-0.4, -0.2) is 12.4 Å². The molecule has 54 valence electrons. The standard InChI is InChI=1S/C6H13ClN2/c7-5-3-1-2-4-6-9-8/h8H,1-6H2. The zero-order chi connectivity index (χ0) is 6.95. The van der Waals surface area contributed by atoms with Crippen LogP contribution in [0.1, 0.15) is 25.7 Å². The predicted molar refractivity (Wildman–Crippen MR) is 39.2 cm³/mol. The summed E-state index contributed by atoms with van der Waals surface area (Å²) in [7, 11) is 0. The molecule has 3 heteroatoms. The van der Waals surface area contributed by atoms with Crippen LogP contribution in [0.15, 0.2) is 5.11 Å². The number of rotatable bonds is 6. The fourth-order valence-corrected chi connectivity index (χ4v) is 0.828. The van der Waals surface area contributed by atoms with E-state index >= 15 is 0 Å². The van der Waals surface area contributed by atoms with Gasteiger partial charge in [0.25, 0.3) is 0 Å². The summed E-state index contributed by atoms with van der Waals surface area (Å²) < 4.78 is 0. The Morgan fingerprint density at radius 1 is 1.11 bits per heavy atom. The van der Waals surface area contributed by atoms with Crippen molar-refractivity contribution in [2.75, 3.05) is 12.4 Å². The Balaban J connectivity index is 2.66. The van der Waals surface area contributed by atoms with E-state index in [9.17, 15) is 0 Å². The second-order valence-electron chi connectivity index (χ2n) is 1.98. The van der Waals surface area contributed by atoms with Gasteiger partial charge in [0.05, 0.1) is 6.54 Å². The van der Waals surface area contributed by atoms with Gasteiger partial charge in [0.15, 0.2) is 0 Å². The van der Waals surface area contributed by atoms with Crippen molar-refractivity contribution >= 4 is 11.6 Å². The first kappa shape index (κ1) is 8.89. The van der Waals surface area contributed by atoms with Crippen LogP contribution >= 0.6 is 11.6 Å². The molecule has 0 fully saturated rings. The van der Waals surface area contributed by atoms with E-state index in [4.69, 9.17) is 17.1 Å². The normalized spacial score (nSPS) is 9.44. The van der Waals surface area contributed by atoms with Gasteiger partial charge in [-0.3, -0.25) is 0 Å². The molecule has 0 aromatic heterocycles. The van der Waals surface area contributed by atoms with Crippen LogP contribution in [-0.2, 0) is 0 Å². The largest absolute Gasteiger partial charge is 0.210 e. The number of nitrogens with zero attached hydrogens (tertiary/aromatic N) is 1. The second kappa shape index (κ2) is 7.89. The van der Waals surface area contributed by atoms with Gasteiger partial charge in [-0.1, -0.05) is 12.8 Å². The van der Waals surface area contributed by atoms with Gasteiger partial charge in [0.2, 0.25) is 0 Å². The van der Waals surface area contributed by atoms with Gasteiger partial charge < -0.3 is 0 Å². The van der Waals surface area contributed by atoms with E-state index in [-0.39, 0.29) is 0 Å². The summed E-state index contributed by atoms with van der Waals surface area (Å²) >= 11 is 5.45. The van der Waals surface area contributed by atoms with Gasteiger partial charge in [0, 0.05) is 5.88 Å². The number of unbranched alkanes of at least 4 members (excludes halogenated alkanes) is 3. The van der Waals surface area contributed by atoms with Gasteiger partial charge in [0.1, 0.15) is 0 Å². The first-order valence-corrected chi connectivity index (χ1v) is 3.84. The molecular weight excluding hydrogens is 136 g/mol. The average Bonchev–Trinajstić information content (AvgIpc) is 1.89. The third kappa shape index (κ3) is 7.89. The molecule has 0 bridgehead atoms. The zero-order valence-corrected chi connectivity index (χ0v) is 6.32. The summed E-state index contributed by atoms with van der Waals surface area (Å²) in [5, 5.41) is 3.25. The molecule has 0 aliphatic heterocycles. The maximum atomic E-state index is 6.48. The SMILES string of the molecule is N=NCCCCCCCl. The summed E-state index contributed by atoms with van der Waals surface area (Å²) in [5.74, 6) is 0.762. The lowest BCUT2D eigenvalue weighted by atomic mass is 10.2. The van der Waals surface area contributed by atoms with Crippen LogP contribution < -0.4 is 0 Å². The highest BCUT2D eigenvalue weighted by Crippen LogP contribution is 2.00. The number of halogens is 1. The maximum absolute atomic E-state index is 6.48. The molecule has 0 aliphatic rings. The lowest BCUT2D eigenvalue weighted by Crippen LogP contribution is -1.81. The molecule has 1 N–H and O–H groups in total. The molecule has 0 rings (SSSR count). The van der Waals surface area contributed by atoms with Crippen molar-refractivity contribution in [3.8, 4) is 0 Å². The van der Waals surface area contributed by atoms with E-state index < -0.39 is 0 Å². The summed E-state index contributed by atoms with van der Waals surface area (Å²) in [5.41, 5.74) is 6.48. The molecule has 0 unspecified atom stereocenters. The molecule has 0 amide bonds. The summed E-state index contributed by atoms with van der Waals surface area (Å²) in [4.78, 5) is 0. The summed E-state index contributed by atoms with van der Waals surface area (Å²) in [6.07, 6.45) is 4.48. The van der Waals surface area contributed by atoms with Crippen molar-refractivity contribution in [3.05, 3.63) is 0 Å². The van der Waals surface area contributed by atoms with Crippen molar-refractivity contribution in [2.45, 2.75) is 25.7 Å². The molecular formula is C6H13ClN2. The van der Waals surface area contributed by atoms with Gasteiger partial charge in [-0.2, -0.15) is 5.11 Å². The zero-order valence-electron chi connectivity index (χ0n) is 5.57. The van der Waals surface area contributed by atoms with E-state index in [1.54, 1.807) is 0 Å². The van der Waals surface area contributed by atoms with Crippen LogP contribution in [0.4, 0.5) is 0 Å². The Kier molecular flexibility index (Phi) is 7.79. The van der Waals surface area contributed by atoms with Gasteiger partial charge in [-0.15, -0.1) is 11.6 Å². The molecule has 0 aromatic carbocycles. The Hall–Kier alpha value is -0.110. The molecule has 2 nitrogen and oxygen atoms in total. The molecule has 0 heterocycles. The fraction of sp³-hybridized carbons (Fsp3) is 1.00. The van der Waals surface area contributed by atoms with Gasteiger partial charge in [-0.05, 0) is 12.8 Å². The second-order valence-corrected chi connectivity index (χ2v) is 2.36. The molecule has 0 radical (unpaired) electrons.